The van der Waals surface area contributed by atoms with E-state index in [2.05, 4.69) is 10.6 Å². The predicted octanol–water partition coefficient (Wildman–Crippen LogP) is 0.661. The van der Waals surface area contributed by atoms with E-state index >= 15 is 0 Å². The molecular weight excluding hydrogens is 248 g/mol. The van der Waals surface area contributed by atoms with E-state index in [9.17, 15) is 14.4 Å². The number of carbonyl (C=O) groups excluding carboxylic acids is 2. The van der Waals surface area contributed by atoms with Crippen LogP contribution in [0.4, 0.5) is 0 Å². The van der Waals surface area contributed by atoms with Gasteiger partial charge < -0.3 is 15.7 Å². The van der Waals surface area contributed by atoms with E-state index in [4.69, 9.17) is 5.11 Å². The Labute approximate surface area is 112 Å². The molecule has 1 aliphatic heterocycles. The van der Waals surface area contributed by atoms with Crippen LogP contribution in [0.2, 0.25) is 0 Å². The Hall–Kier alpha value is -1.59. The van der Waals surface area contributed by atoms with Crippen molar-refractivity contribution in [3.63, 3.8) is 0 Å². The largest absolute Gasteiger partial charge is 0.481 e. The molecule has 0 aromatic heterocycles. The molecule has 0 aliphatic carbocycles. The lowest BCUT2D eigenvalue weighted by atomic mass is 10.0. The zero-order valence-corrected chi connectivity index (χ0v) is 11.4. The number of carboxylic acid groups (broad SMARTS) is 1. The third kappa shape index (κ3) is 5.28. The summed E-state index contributed by atoms with van der Waals surface area (Å²) in [7, 11) is 0. The summed E-state index contributed by atoms with van der Waals surface area (Å²) in [5.41, 5.74) is 0. The standard InChI is InChI=1S/C13H22N2O4/c1-8(13(18)19)4-3-5-9(2)14-12(17)10-6-7-11(16)15-10/h8-10H,3-7H2,1-2H3,(H,14,17)(H,15,16)(H,18,19). The maximum atomic E-state index is 11.8. The predicted molar refractivity (Wildman–Crippen MR) is 69.4 cm³/mol. The van der Waals surface area contributed by atoms with Crippen LogP contribution in [0, 0.1) is 5.92 Å². The fourth-order valence-electron chi connectivity index (χ4n) is 2.08. The van der Waals surface area contributed by atoms with Gasteiger partial charge in [-0.25, -0.2) is 0 Å². The smallest absolute Gasteiger partial charge is 0.306 e. The quantitative estimate of drug-likeness (QED) is 0.633. The first-order chi connectivity index (χ1) is 8.90. The summed E-state index contributed by atoms with van der Waals surface area (Å²) in [4.78, 5) is 33.4. The molecule has 108 valence electrons. The fourth-order valence-corrected chi connectivity index (χ4v) is 2.08. The van der Waals surface area contributed by atoms with Crippen molar-refractivity contribution in [1.29, 1.82) is 0 Å². The van der Waals surface area contributed by atoms with Crippen LogP contribution in [-0.2, 0) is 14.4 Å². The maximum absolute atomic E-state index is 11.8. The molecule has 0 aromatic rings. The van der Waals surface area contributed by atoms with Crippen LogP contribution in [0.25, 0.3) is 0 Å². The van der Waals surface area contributed by atoms with Gasteiger partial charge in [0.15, 0.2) is 0 Å². The summed E-state index contributed by atoms with van der Waals surface area (Å²) in [5, 5.41) is 14.2. The minimum atomic E-state index is -0.787. The zero-order chi connectivity index (χ0) is 14.4. The van der Waals surface area contributed by atoms with Crippen molar-refractivity contribution < 1.29 is 19.5 Å². The highest BCUT2D eigenvalue weighted by molar-refractivity contribution is 5.90. The number of carboxylic acids is 1. The molecule has 0 aromatic carbocycles. The lowest BCUT2D eigenvalue weighted by molar-refractivity contribution is -0.141. The van der Waals surface area contributed by atoms with E-state index in [-0.39, 0.29) is 23.8 Å². The molecule has 1 aliphatic rings. The molecule has 6 heteroatoms. The van der Waals surface area contributed by atoms with E-state index in [1.165, 1.54) is 0 Å². The van der Waals surface area contributed by atoms with Crippen LogP contribution in [0.1, 0.15) is 46.0 Å². The number of amides is 2. The maximum Gasteiger partial charge on any atom is 0.306 e. The molecular formula is C13H22N2O4. The van der Waals surface area contributed by atoms with Crippen LogP contribution >= 0.6 is 0 Å². The molecule has 1 saturated heterocycles. The Morgan fingerprint density at radius 2 is 2.11 bits per heavy atom. The van der Waals surface area contributed by atoms with Crippen LogP contribution in [0.5, 0.6) is 0 Å². The summed E-state index contributed by atoms with van der Waals surface area (Å²) in [6, 6.07) is -0.418. The van der Waals surface area contributed by atoms with Gasteiger partial charge in [0.2, 0.25) is 11.8 Å². The first-order valence-electron chi connectivity index (χ1n) is 6.72. The van der Waals surface area contributed by atoms with Gasteiger partial charge in [0.25, 0.3) is 0 Å². The molecule has 3 atom stereocenters. The van der Waals surface area contributed by atoms with Crippen molar-refractivity contribution in [2.45, 2.75) is 58.0 Å². The van der Waals surface area contributed by atoms with Crippen LogP contribution in [0.15, 0.2) is 0 Å². The second kappa shape index (κ2) is 7.11. The van der Waals surface area contributed by atoms with Crippen molar-refractivity contribution in [2.24, 2.45) is 5.92 Å². The monoisotopic (exact) mass is 270 g/mol. The summed E-state index contributed by atoms with van der Waals surface area (Å²) in [6.07, 6.45) is 3.06. The Balaban J connectivity index is 2.20. The number of hydrogen-bond acceptors (Lipinski definition) is 3. The van der Waals surface area contributed by atoms with Gasteiger partial charge in [0.05, 0.1) is 5.92 Å². The second-order valence-corrected chi connectivity index (χ2v) is 5.24. The number of hydrogen-bond donors (Lipinski definition) is 3. The molecule has 0 bridgehead atoms. The molecule has 3 unspecified atom stereocenters. The number of rotatable bonds is 7. The van der Waals surface area contributed by atoms with Gasteiger partial charge in [-0.05, 0) is 26.2 Å². The Kier molecular flexibility index (Phi) is 5.79. The molecule has 19 heavy (non-hydrogen) atoms. The highest BCUT2D eigenvalue weighted by atomic mass is 16.4. The van der Waals surface area contributed by atoms with Crippen molar-refractivity contribution in [3.05, 3.63) is 0 Å². The van der Waals surface area contributed by atoms with E-state index in [1.54, 1.807) is 6.92 Å². The Morgan fingerprint density at radius 3 is 2.63 bits per heavy atom. The zero-order valence-electron chi connectivity index (χ0n) is 11.4. The fraction of sp³-hybridized carbons (Fsp3) is 0.769. The number of aliphatic carboxylic acids is 1. The summed E-state index contributed by atoms with van der Waals surface area (Å²) < 4.78 is 0. The lowest BCUT2D eigenvalue weighted by Gasteiger charge is -2.17. The first kappa shape index (κ1) is 15.5. The van der Waals surface area contributed by atoms with Gasteiger partial charge in [0, 0.05) is 12.5 Å². The molecule has 2 amide bonds. The molecule has 3 N–H and O–H groups in total. The molecule has 0 saturated carbocycles. The van der Waals surface area contributed by atoms with Gasteiger partial charge in [-0.3, -0.25) is 14.4 Å². The normalized spacial score (nSPS) is 21.6. The number of carbonyl (C=O) groups is 3. The van der Waals surface area contributed by atoms with Gasteiger partial charge in [-0.1, -0.05) is 13.3 Å². The SMILES string of the molecule is CC(CCCC(C)C(=O)O)NC(=O)C1CCC(=O)N1. The molecule has 1 fully saturated rings. The average Bonchev–Trinajstić information content (AvgIpc) is 2.75. The molecule has 0 spiro atoms. The third-order valence-electron chi connectivity index (χ3n) is 3.40. The highest BCUT2D eigenvalue weighted by Gasteiger charge is 2.27. The van der Waals surface area contributed by atoms with E-state index < -0.39 is 12.0 Å². The minimum absolute atomic E-state index is 0.00834. The van der Waals surface area contributed by atoms with Crippen molar-refractivity contribution in [2.75, 3.05) is 0 Å². The van der Waals surface area contributed by atoms with Gasteiger partial charge in [-0.15, -0.1) is 0 Å². The minimum Gasteiger partial charge on any atom is -0.481 e. The summed E-state index contributed by atoms with van der Waals surface area (Å²) in [6.45, 7) is 3.57. The highest BCUT2D eigenvalue weighted by Crippen LogP contribution is 2.11. The van der Waals surface area contributed by atoms with Gasteiger partial charge >= 0.3 is 5.97 Å². The average molecular weight is 270 g/mol. The van der Waals surface area contributed by atoms with E-state index in [1.807, 2.05) is 6.92 Å². The van der Waals surface area contributed by atoms with Gasteiger partial charge in [0.1, 0.15) is 6.04 Å². The molecule has 1 rings (SSSR count). The Bertz CT molecular complexity index is 357. The summed E-state index contributed by atoms with van der Waals surface area (Å²) >= 11 is 0. The Morgan fingerprint density at radius 1 is 1.42 bits per heavy atom. The molecule has 1 heterocycles. The van der Waals surface area contributed by atoms with Crippen LogP contribution in [-0.4, -0.2) is 35.0 Å². The van der Waals surface area contributed by atoms with Crippen LogP contribution in [0.3, 0.4) is 0 Å². The molecule has 6 nitrogen and oxygen atoms in total. The van der Waals surface area contributed by atoms with E-state index in [0.29, 0.717) is 19.3 Å². The van der Waals surface area contributed by atoms with Gasteiger partial charge in [-0.2, -0.15) is 0 Å². The van der Waals surface area contributed by atoms with E-state index in [0.717, 1.165) is 12.8 Å². The second-order valence-electron chi connectivity index (χ2n) is 5.24. The van der Waals surface area contributed by atoms with Crippen molar-refractivity contribution in [1.82, 2.24) is 10.6 Å². The third-order valence-corrected chi connectivity index (χ3v) is 3.40. The van der Waals surface area contributed by atoms with Crippen LogP contribution < -0.4 is 10.6 Å². The summed E-state index contributed by atoms with van der Waals surface area (Å²) in [5.74, 6) is -1.37. The van der Waals surface area contributed by atoms with Crippen molar-refractivity contribution in [3.8, 4) is 0 Å². The topological polar surface area (TPSA) is 95.5 Å². The first-order valence-corrected chi connectivity index (χ1v) is 6.72. The molecule has 0 radical (unpaired) electrons. The number of nitrogens with one attached hydrogen (secondary N) is 2. The lowest BCUT2D eigenvalue weighted by Crippen LogP contribution is -2.45. The van der Waals surface area contributed by atoms with Crippen molar-refractivity contribution >= 4 is 17.8 Å².